The molecule has 0 spiro atoms. The molecule has 8 heteroatoms. The third-order valence-corrected chi connectivity index (χ3v) is 7.20. The average Bonchev–Trinajstić information content (AvgIpc) is 3.26. The number of allylic oxidation sites excluding steroid dienone is 2. The van der Waals surface area contributed by atoms with E-state index in [1.54, 1.807) is 18.8 Å². The highest BCUT2D eigenvalue weighted by Crippen LogP contribution is 2.49. The zero-order chi connectivity index (χ0) is 20.9. The number of nitrogens with zero attached hydrogens (tertiary/aromatic N) is 3. The number of amides is 1. The van der Waals surface area contributed by atoms with Crippen LogP contribution in [0.25, 0.3) is 0 Å². The SMILES string of the molecule is [B]C1C=C([C@@]2(C)N=C(N)N(C)C(=O)C2c2ccc(N3NC(C)C=C3C)cc2)SC1. The Hall–Kier alpha value is -2.19. The standard InChI is InChI=1S/C21H26BN5OS/c1-12-9-13(2)27(25-12)16-7-5-14(6-8-16)18-19(28)26(4)20(23)24-21(18,3)17-10-15(22)11-29-17/h5-10,12,15,18,25H,11H2,1-4H3,(H2,23,24)/t12?,15?,18?,21-/m1/s1. The number of aliphatic imine (C=N–C) groups is 1. The number of nitrogens with two attached hydrogens (primary N) is 1. The normalized spacial score (nSPS) is 32.3. The zero-order valence-electron chi connectivity index (χ0n) is 17.2. The molecule has 6 nitrogen and oxygen atoms in total. The van der Waals surface area contributed by atoms with Gasteiger partial charge in [0.2, 0.25) is 5.91 Å². The summed E-state index contributed by atoms with van der Waals surface area (Å²) in [5.74, 6) is 0.488. The second kappa shape index (κ2) is 7.25. The van der Waals surface area contributed by atoms with Gasteiger partial charge in [0.25, 0.3) is 0 Å². The smallest absolute Gasteiger partial charge is 0.239 e. The van der Waals surface area contributed by atoms with Gasteiger partial charge in [0.15, 0.2) is 5.96 Å². The first-order chi connectivity index (χ1) is 13.7. The number of hydrazine groups is 1. The number of anilines is 1. The average molecular weight is 407 g/mol. The van der Waals surface area contributed by atoms with Crippen LogP contribution in [-0.2, 0) is 4.79 Å². The number of hydrogen-bond acceptors (Lipinski definition) is 6. The maximum absolute atomic E-state index is 13.3. The van der Waals surface area contributed by atoms with Gasteiger partial charge in [-0.15, -0.1) is 11.8 Å². The van der Waals surface area contributed by atoms with Gasteiger partial charge in [-0.05, 0) is 56.1 Å². The van der Waals surface area contributed by atoms with Gasteiger partial charge in [-0.25, -0.2) is 10.4 Å². The van der Waals surface area contributed by atoms with Gasteiger partial charge in [0.05, 0.1) is 19.5 Å². The summed E-state index contributed by atoms with van der Waals surface area (Å²) in [6, 6.07) is 8.39. The van der Waals surface area contributed by atoms with E-state index in [0.717, 1.165) is 27.6 Å². The molecule has 3 aliphatic heterocycles. The Bertz CT molecular complexity index is 928. The first-order valence-electron chi connectivity index (χ1n) is 9.79. The van der Waals surface area contributed by atoms with Crippen LogP contribution in [0.4, 0.5) is 5.69 Å². The number of hydrogen-bond donors (Lipinski definition) is 2. The fourth-order valence-electron chi connectivity index (χ4n) is 4.25. The molecule has 4 atom stereocenters. The van der Waals surface area contributed by atoms with Gasteiger partial charge in [-0.3, -0.25) is 14.7 Å². The summed E-state index contributed by atoms with van der Waals surface area (Å²) >= 11 is 1.66. The molecular formula is C21H26BN5OS. The van der Waals surface area contributed by atoms with Gasteiger partial charge in [0, 0.05) is 23.7 Å². The lowest BCUT2D eigenvalue weighted by Crippen LogP contribution is -2.54. The number of likely N-dealkylation sites (N-methyl/N-ethyl adjacent to an activating group) is 1. The first-order valence-corrected chi connectivity index (χ1v) is 10.8. The van der Waals surface area contributed by atoms with Crippen molar-refractivity contribution in [3.05, 3.63) is 52.6 Å². The Kier molecular flexibility index (Phi) is 5.03. The number of guanidine groups is 1. The molecule has 3 N–H and O–H groups in total. The minimum Gasteiger partial charge on any atom is -0.369 e. The van der Waals surface area contributed by atoms with E-state index < -0.39 is 11.5 Å². The summed E-state index contributed by atoms with van der Waals surface area (Å²) in [6.45, 7) is 6.17. The predicted molar refractivity (Wildman–Crippen MR) is 121 cm³/mol. The largest absolute Gasteiger partial charge is 0.369 e. The van der Waals surface area contributed by atoms with Crippen LogP contribution in [0.15, 0.2) is 52.0 Å². The summed E-state index contributed by atoms with van der Waals surface area (Å²) in [4.78, 5) is 20.5. The lowest BCUT2D eigenvalue weighted by molar-refractivity contribution is -0.129. The van der Waals surface area contributed by atoms with Crippen LogP contribution in [-0.4, -0.2) is 49.0 Å². The van der Waals surface area contributed by atoms with E-state index in [4.69, 9.17) is 18.6 Å². The Balaban J connectivity index is 1.72. The fourth-order valence-corrected chi connectivity index (χ4v) is 5.45. The van der Waals surface area contributed by atoms with Crippen LogP contribution in [0.1, 0.15) is 32.3 Å². The van der Waals surface area contributed by atoms with Crippen LogP contribution in [0.5, 0.6) is 0 Å². The van der Waals surface area contributed by atoms with Gasteiger partial charge in [0.1, 0.15) is 5.54 Å². The van der Waals surface area contributed by atoms with Gasteiger partial charge < -0.3 is 5.73 Å². The minimum atomic E-state index is -0.760. The molecular weight excluding hydrogens is 381 g/mol. The fraction of sp³-hybridized carbons (Fsp3) is 0.429. The number of carbonyl (C=O) groups is 1. The maximum atomic E-state index is 13.3. The Morgan fingerprint density at radius 3 is 2.55 bits per heavy atom. The summed E-state index contributed by atoms with van der Waals surface area (Å²) in [5, 5.41) is 2.06. The van der Waals surface area contributed by atoms with Crippen molar-refractivity contribution in [3.8, 4) is 0 Å². The van der Waals surface area contributed by atoms with E-state index in [0.29, 0.717) is 6.04 Å². The number of benzene rings is 1. The molecule has 29 heavy (non-hydrogen) atoms. The summed E-state index contributed by atoms with van der Waals surface area (Å²) in [5.41, 5.74) is 11.8. The summed E-state index contributed by atoms with van der Waals surface area (Å²) in [6.07, 6.45) is 4.19. The molecule has 4 rings (SSSR count). The molecule has 0 fully saturated rings. The molecule has 1 aromatic carbocycles. The highest BCUT2D eigenvalue weighted by atomic mass is 32.2. The lowest BCUT2D eigenvalue weighted by atomic mass is 9.77. The molecule has 2 radical (unpaired) electrons. The van der Waals surface area contributed by atoms with E-state index in [-0.39, 0.29) is 17.7 Å². The van der Waals surface area contributed by atoms with Crippen molar-refractivity contribution in [2.45, 2.75) is 44.1 Å². The van der Waals surface area contributed by atoms with Gasteiger partial charge >= 0.3 is 0 Å². The molecule has 150 valence electrons. The highest BCUT2D eigenvalue weighted by Gasteiger charge is 2.49. The van der Waals surface area contributed by atoms with E-state index >= 15 is 0 Å². The third-order valence-electron chi connectivity index (χ3n) is 5.79. The maximum Gasteiger partial charge on any atom is 0.239 e. The van der Waals surface area contributed by atoms with Crippen molar-refractivity contribution in [3.63, 3.8) is 0 Å². The van der Waals surface area contributed by atoms with Crippen molar-refractivity contribution in [1.29, 1.82) is 0 Å². The van der Waals surface area contributed by atoms with Crippen molar-refractivity contribution in [2.75, 3.05) is 17.8 Å². The number of rotatable bonds is 3. The van der Waals surface area contributed by atoms with Crippen LogP contribution in [0, 0.1) is 0 Å². The number of carbonyl (C=O) groups excluding carboxylic acids is 1. The lowest BCUT2D eigenvalue weighted by Gasteiger charge is -2.41. The zero-order valence-corrected chi connectivity index (χ0v) is 18.0. The summed E-state index contributed by atoms with van der Waals surface area (Å²) in [7, 11) is 7.77. The molecule has 1 amide bonds. The third kappa shape index (κ3) is 3.38. The second-order valence-electron chi connectivity index (χ2n) is 8.11. The Morgan fingerprint density at radius 2 is 2.00 bits per heavy atom. The van der Waals surface area contributed by atoms with E-state index in [1.165, 1.54) is 4.90 Å². The second-order valence-corrected chi connectivity index (χ2v) is 9.17. The van der Waals surface area contributed by atoms with Crippen LogP contribution >= 0.6 is 11.8 Å². The van der Waals surface area contributed by atoms with Crippen molar-refractivity contribution >= 4 is 37.2 Å². The quantitative estimate of drug-likeness (QED) is 0.754. The van der Waals surface area contributed by atoms with Gasteiger partial charge in [-0.1, -0.05) is 18.2 Å². The van der Waals surface area contributed by atoms with Crippen LogP contribution in [0.3, 0.4) is 0 Å². The Morgan fingerprint density at radius 1 is 1.31 bits per heavy atom. The van der Waals surface area contributed by atoms with E-state index in [1.807, 2.05) is 37.3 Å². The molecule has 3 heterocycles. The molecule has 0 saturated carbocycles. The number of nitrogens with one attached hydrogen (secondary N) is 1. The monoisotopic (exact) mass is 407 g/mol. The molecule has 3 unspecified atom stereocenters. The van der Waals surface area contributed by atoms with Crippen molar-refractivity contribution in [1.82, 2.24) is 10.3 Å². The topological polar surface area (TPSA) is 74.0 Å². The first kappa shape index (κ1) is 20.1. The van der Waals surface area contributed by atoms with Crippen molar-refractivity contribution < 1.29 is 4.79 Å². The highest BCUT2D eigenvalue weighted by molar-refractivity contribution is 8.03. The van der Waals surface area contributed by atoms with Gasteiger partial charge in [-0.2, -0.15) is 0 Å². The van der Waals surface area contributed by atoms with Crippen LogP contribution in [0.2, 0.25) is 5.82 Å². The van der Waals surface area contributed by atoms with E-state index in [9.17, 15) is 4.79 Å². The van der Waals surface area contributed by atoms with Crippen LogP contribution < -0.4 is 16.2 Å². The predicted octanol–water partition coefficient (Wildman–Crippen LogP) is 2.52. The molecule has 0 bridgehead atoms. The Labute approximate surface area is 177 Å². The summed E-state index contributed by atoms with van der Waals surface area (Å²) < 4.78 is 0. The molecule has 0 saturated heterocycles. The molecule has 3 aliphatic rings. The number of thioether (sulfide) groups is 1. The molecule has 1 aromatic rings. The molecule has 0 aliphatic carbocycles. The van der Waals surface area contributed by atoms with Crippen molar-refractivity contribution in [2.24, 2.45) is 10.7 Å². The minimum absolute atomic E-state index is 0.0287. The molecule has 0 aromatic heterocycles. The van der Waals surface area contributed by atoms with E-state index in [2.05, 4.69) is 30.4 Å².